The van der Waals surface area contributed by atoms with Gasteiger partial charge in [-0.3, -0.25) is 15.0 Å². The Bertz CT molecular complexity index is 748. The Morgan fingerprint density at radius 3 is 2.27 bits per heavy atom. The van der Waals surface area contributed by atoms with Gasteiger partial charge in [0.15, 0.2) is 0 Å². The number of rotatable bonds is 7. The molecule has 138 valence electrons. The quantitative estimate of drug-likeness (QED) is 0.779. The molecule has 0 aliphatic carbocycles. The Hall–Kier alpha value is -2.57. The Kier molecular flexibility index (Phi) is 7.00. The molecule has 6 nitrogen and oxygen atoms in total. The van der Waals surface area contributed by atoms with Crippen molar-refractivity contribution in [3.63, 3.8) is 0 Å². The first-order chi connectivity index (χ1) is 12.3. The van der Waals surface area contributed by atoms with Crippen molar-refractivity contribution in [1.82, 2.24) is 10.2 Å². The van der Waals surface area contributed by atoms with Crippen molar-refractivity contribution in [3.8, 4) is 5.75 Å². The summed E-state index contributed by atoms with van der Waals surface area (Å²) in [6.07, 6.45) is 0. The van der Waals surface area contributed by atoms with E-state index in [2.05, 4.69) is 5.32 Å². The van der Waals surface area contributed by atoms with Gasteiger partial charge in [0.25, 0.3) is 0 Å². The van der Waals surface area contributed by atoms with Crippen molar-refractivity contribution >= 4 is 23.5 Å². The topological polar surface area (TPSA) is 84.7 Å². The maximum atomic E-state index is 11.8. The molecule has 0 saturated heterocycles. The first-order valence-electron chi connectivity index (χ1n) is 8.12. The molecule has 0 radical (unpaired) electrons. The number of ether oxygens (including phenoxy) is 1. The number of halogens is 1. The number of likely N-dealkylation sites (N-methyl/N-ethyl adjacent to an activating group) is 1. The summed E-state index contributed by atoms with van der Waals surface area (Å²) in [5, 5.41) is 2.78. The number of amides is 3. The molecule has 0 aliphatic rings. The van der Waals surface area contributed by atoms with Gasteiger partial charge in [0.1, 0.15) is 12.4 Å². The Morgan fingerprint density at radius 1 is 1.12 bits per heavy atom. The van der Waals surface area contributed by atoms with Crippen molar-refractivity contribution < 1.29 is 14.3 Å². The average molecular weight is 376 g/mol. The van der Waals surface area contributed by atoms with E-state index in [0.29, 0.717) is 18.2 Å². The lowest BCUT2D eigenvalue weighted by Gasteiger charge is -2.23. The molecular weight excluding hydrogens is 354 g/mol. The predicted molar refractivity (Wildman–Crippen MR) is 101 cm³/mol. The fourth-order valence-corrected chi connectivity index (χ4v) is 2.42. The maximum Gasteiger partial charge on any atom is 0.318 e. The second-order valence-electron chi connectivity index (χ2n) is 6.00. The zero-order valence-corrected chi connectivity index (χ0v) is 15.5. The van der Waals surface area contributed by atoms with Gasteiger partial charge < -0.3 is 10.5 Å². The average Bonchev–Trinajstić information content (AvgIpc) is 2.61. The third-order valence-corrected chi connectivity index (χ3v) is 4.21. The zero-order valence-electron chi connectivity index (χ0n) is 14.7. The number of nitrogens with zero attached hydrogens (tertiary/aromatic N) is 1. The molecule has 0 spiro atoms. The number of hydrogen-bond acceptors (Lipinski definition) is 4. The summed E-state index contributed by atoms with van der Waals surface area (Å²) in [6, 6.07) is 13.8. The van der Waals surface area contributed by atoms with Gasteiger partial charge in [-0.2, -0.15) is 0 Å². The maximum absolute atomic E-state index is 11.8. The number of nitrogens with one attached hydrogen (secondary N) is 1. The summed E-state index contributed by atoms with van der Waals surface area (Å²) in [5.74, 6) is 0.328. The van der Waals surface area contributed by atoms with Gasteiger partial charge in [-0.15, -0.1) is 0 Å². The van der Waals surface area contributed by atoms with Crippen LogP contribution < -0.4 is 15.8 Å². The van der Waals surface area contributed by atoms with Crippen LogP contribution in [0.2, 0.25) is 5.02 Å². The summed E-state index contributed by atoms with van der Waals surface area (Å²) in [4.78, 5) is 24.4. The van der Waals surface area contributed by atoms with Gasteiger partial charge in [0.2, 0.25) is 5.91 Å². The van der Waals surface area contributed by atoms with Crippen LogP contribution >= 0.6 is 11.6 Å². The molecule has 2 aromatic rings. The number of imide groups is 1. The van der Waals surface area contributed by atoms with Gasteiger partial charge in [0.05, 0.1) is 6.04 Å². The van der Waals surface area contributed by atoms with E-state index in [1.54, 1.807) is 14.0 Å². The van der Waals surface area contributed by atoms with Gasteiger partial charge in [-0.25, -0.2) is 4.79 Å². The highest BCUT2D eigenvalue weighted by atomic mass is 35.5. The molecule has 0 aliphatic heterocycles. The fraction of sp³-hybridized carbons (Fsp3) is 0.263. The molecule has 0 fully saturated rings. The van der Waals surface area contributed by atoms with E-state index < -0.39 is 18.0 Å². The summed E-state index contributed by atoms with van der Waals surface area (Å²) in [5.41, 5.74) is 7.02. The summed E-state index contributed by atoms with van der Waals surface area (Å²) < 4.78 is 5.75. The van der Waals surface area contributed by atoms with Crippen molar-refractivity contribution in [1.29, 1.82) is 0 Å². The summed E-state index contributed by atoms with van der Waals surface area (Å²) in [6.45, 7) is 2.72. The van der Waals surface area contributed by atoms with Gasteiger partial charge >= 0.3 is 6.03 Å². The molecule has 3 amide bonds. The molecule has 2 aromatic carbocycles. The van der Waals surface area contributed by atoms with Crippen LogP contribution in [-0.4, -0.2) is 29.9 Å². The second kappa shape index (κ2) is 9.22. The highest BCUT2D eigenvalue weighted by molar-refractivity contribution is 6.30. The number of primary amides is 1. The molecule has 0 unspecified atom stereocenters. The van der Waals surface area contributed by atoms with Crippen molar-refractivity contribution in [3.05, 3.63) is 64.7 Å². The van der Waals surface area contributed by atoms with Crippen LogP contribution in [0.4, 0.5) is 4.79 Å². The summed E-state index contributed by atoms with van der Waals surface area (Å²) >= 11 is 5.86. The largest absolute Gasteiger partial charge is 0.489 e. The normalized spacial score (nSPS) is 11.8. The highest BCUT2D eigenvalue weighted by Gasteiger charge is 2.19. The van der Waals surface area contributed by atoms with Gasteiger partial charge in [-0.1, -0.05) is 35.9 Å². The molecule has 0 heterocycles. The standard InChI is InChI=1S/C19H22ClN3O3/c1-13(18(24)22-19(21)25)23(2)11-14-5-9-17(10-6-14)26-12-15-3-7-16(20)8-4-15/h3-10,13H,11-12H2,1-2H3,(H3,21,22,24,25)/t13-/m0/s1. The van der Waals surface area contributed by atoms with Crippen LogP contribution in [0.5, 0.6) is 5.75 Å². The molecule has 3 N–H and O–H groups in total. The minimum absolute atomic E-state index is 0.428. The predicted octanol–water partition coefficient (Wildman–Crippen LogP) is 2.93. The number of carbonyl (C=O) groups excluding carboxylic acids is 2. The third-order valence-electron chi connectivity index (χ3n) is 3.96. The highest BCUT2D eigenvalue weighted by Crippen LogP contribution is 2.17. The number of carbonyl (C=O) groups is 2. The van der Waals surface area contributed by atoms with E-state index in [4.69, 9.17) is 22.1 Å². The van der Waals surface area contributed by atoms with E-state index in [9.17, 15) is 9.59 Å². The van der Waals surface area contributed by atoms with Gasteiger partial charge in [-0.05, 0) is 49.4 Å². The molecule has 0 aromatic heterocycles. The zero-order chi connectivity index (χ0) is 19.1. The van der Waals surface area contributed by atoms with Crippen LogP contribution in [0.15, 0.2) is 48.5 Å². The molecule has 26 heavy (non-hydrogen) atoms. The SMILES string of the molecule is C[C@@H](C(=O)NC(N)=O)N(C)Cc1ccc(OCc2ccc(Cl)cc2)cc1. The second-order valence-corrected chi connectivity index (χ2v) is 6.44. The number of nitrogens with two attached hydrogens (primary N) is 1. The minimum atomic E-state index is -0.850. The third kappa shape index (κ3) is 6.06. The van der Waals surface area contributed by atoms with E-state index in [1.165, 1.54) is 0 Å². The Labute approximate surface area is 157 Å². The van der Waals surface area contributed by atoms with Crippen molar-refractivity contribution in [2.75, 3.05) is 7.05 Å². The molecular formula is C19H22ClN3O3. The minimum Gasteiger partial charge on any atom is -0.489 e. The van der Waals surface area contributed by atoms with Crippen LogP contribution in [0.3, 0.4) is 0 Å². The van der Waals surface area contributed by atoms with Crippen molar-refractivity contribution in [2.45, 2.75) is 26.1 Å². The van der Waals surface area contributed by atoms with Crippen molar-refractivity contribution in [2.24, 2.45) is 5.73 Å². The van der Waals surface area contributed by atoms with Crippen LogP contribution in [0.25, 0.3) is 0 Å². The monoisotopic (exact) mass is 375 g/mol. The first kappa shape index (κ1) is 19.8. The number of urea groups is 1. The molecule has 0 saturated carbocycles. The lowest BCUT2D eigenvalue weighted by Crippen LogP contribution is -2.46. The summed E-state index contributed by atoms with van der Waals surface area (Å²) in [7, 11) is 1.80. The smallest absolute Gasteiger partial charge is 0.318 e. The molecule has 0 bridgehead atoms. The van der Waals surface area contributed by atoms with E-state index >= 15 is 0 Å². The Morgan fingerprint density at radius 2 is 1.69 bits per heavy atom. The van der Waals surface area contributed by atoms with Crippen LogP contribution in [0.1, 0.15) is 18.1 Å². The first-order valence-corrected chi connectivity index (χ1v) is 8.49. The number of benzene rings is 2. The molecule has 1 atom stereocenters. The van der Waals surface area contributed by atoms with E-state index in [0.717, 1.165) is 16.9 Å². The molecule has 2 rings (SSSR count). The van der Waals surface area contributed by atoms with Gasteiger partial charge in [0, 0.05) is 11.6 Å². The van der Waals surface area contributed by atoms with Crippen LogP contribution in [0, 0.1) is 0 Å². The Balaban J connectivity index is 1.87. The molecule has 7 heteroatoms. The lowest BCUT2D eigenvalue weighted by atomic mass is 10.2. The lowest BCUT2D eigenvalue weighted by molar-refractivity contribution is -0.124. The fourth-order valence-electron chi connectivity index (χ4n) is 2.29. The van der Waals surface area contributed by atoms with E-state index in [1.807, 2.05) is 53.4 Å². The number of hydrogen-bond donors (Lipinski definition) is 2. The van der Waals surface area contributed by atoms with Crippen LogP contribution in [-0.2, 0) is 17.9 Å². The van der Waals surface area contributed by atoms with E-state index in [-0.39, 0.29) is 0 Å².